The number of guanidine groups is 1. The Bertz CT molecular complexity index is 287. The van der Waals surface area contributed by atoms with Gasteiger partial charge in [-0.05, 0) is 46.5 Å². The highest BCUT2D eigenvalue weighted by atomic mass is 127. The van der Waals surface area contributed by atoms with Gasteiger partial charge >= 0.3 is 0 Å². The number of aliphatic imine (C=N–C) groups is 1. The van der Waals surface area contributed by atoms with Crippen LogP contribution in [0.25, 0.3) is 0 Å². The lowest BCUT2D eigenvalue weighted by molar-refractivity contribution is 0.0258. The number of rotatable bonds is 12. The van der Waals surface area contributed by atoms with Crippen LogP contribution in [0.15, 0.2) is 4.99 Å². The molecule has 1 atom stereocenters. The van der Waals surface area contributed by atoms with Gasteiger partial charge < -0.3 is 20.1 Å². The van der Waals surface area contributed by atoms with Crippen LogP contribution in [0.1, 0.15) is 54.4 Å². The number of hydrogen-bond donors (Lipinski definition) is 2. The van der Waals surface area contributed by atoms with Crippen LogP contribution in [0, 0.1) is 5.92 Å². The summed E-state index contributed by atoms with van der Waals surface area (Å²) in [4.78, 5) is 4.57. The third kappa shape index (κ3) is 15.2. The predicted octanol–water partition coefficient (Wildman–Crippen LogP) is 3.43. The van der Waals surface area contributed by atoms with Crippen molar-refractivity contribution in [2.45, 2.75) is 66.6 Å². The van der Waals surface area contributed by atoms with E-state index in [1.54, 1.807) is 0 Å². The molecule has 2 N–H and O–H groups in total. The zero-order valence-electron chi connectivity index (χ0n) is 15.9. The second kappa shape index (κ2) is 16.8. The monoisotopic (exact) mass is 443 g/mol. The summed E-state index contributed by atoms with van der Waals surface area (Å²) in [5.41, 5.74) is 0. The molecule has 5 nitrogen and oxygen atoms in total. The molecule has 0 spiro atoms. The van der Waals surface area contributed by atoms with Crippen molar-refractivity contribution in [3.8, 4) is 0 Å². The maximum Gasteiger partial charge on any atom is 0.191 e. The van der Waals surface area contributed by atoms with Crippen molar-refractivity contribution < 1.29 is 9.47 Å². The number of hydrogen-bond acceptors (Lipinski definition) is 3. The minimum absolute atomic E-state index is 0. The van der Waals surface area contributed by atoms with Gasteiger partial charge in [0, 0.05) is 32.8 Å². The number of nitrogens with one attached hydrogen (secondary N) is 2. The molecule has 0 aliphatic carbocycles. The lowest BCUT2D eigenvalue weighted by Gasteiger charge is -2.21. The fourth-order valence-electron chi connectivity index (χ4n) is 2.07. The molecule has 0 rings (SSSR count). The van der Waals surface area contributed by atoms with Crippen LogP contribution in [0.5, 0.6) is 0 Å². The topological polar surface area (TPSA) is 54.9 Å². The highest BCUT2D eigenvalue weighted by molar-refractivity contribution is 14.0. The summed E-state index contributed by atoms with van der Waals surface area (Å²) in [5.74, 6) is 1.42. The van der Waals surface area contributed by atoms with Crippen molar-refractivity contribution in [1.29, 1.82) is 0 Å². The Morgan fingerprint density at radius 2 is 1.74 bits per heavy atom. The van der Waals surface area contributed by atoms with E-state index in [0.29, 0.717) is 18.1 Å². The molecular formula is C17H38IN3O2. The molecule has 6 heteroatoms. The van der Waals surface area contributed by atoms with Crippen molar-refractivity contribution in [3.05, 3.63) is 0 Å². The summed E-state index contributed by atoms with van der Waals surface area (Å²) in [6.45, 7) is 16.7. The summed E-state index contributed by atoms with van der Waals surface area (Å²) in [6.07, 6.45) is 2.54. The summed E-state index contributed by atoms with van der Waals surface area (Å²) in [5, 5.41) is 6.66. The first kappa shape index (κ1) is 25.2. The molecule has 0 aromatic rings. The predicted molar refractivity (Wildman–Crippen MR) is 110 cm³/mol. The molecule has 0 fully saturated rings. The Kier molecular flexibility index (Phi) is 18.3. The molecule has 0 saturated heterocycles. The Hall–Kier alpha value is -0.0800. The number of halogens is 1. The van der Waals surface area contributed by atoms with Crippen molar-refractivity contribution in [2.75, 3.05) is 32.8 Å². The van der Waals surface area contributed by atoms with Crippen LogP contribution in [0.4, 0.5) is 0 Å². The minimum Gasteiger partial charge on any atom is -0.379 e. The average Bonchev–Trinajstić information content (AvgIpc) is 2.45. The highest BCUT2D eigenvalue weighted by Gasteiger charge is 2.12. The number of ether oxygens (including phenoxy) is 2. The maximum atomic E-state index is 5.76. The van der Waals surface area contributed by atoms with Crippen LogP contribution in [-0.2, 0) is 9.47 Å². The van der Waals surface area contributed by atoms with E-state index >= 15 is 0 Å². The normalized spacial score (nSPS) is 13.1. The molecule has 0 radical (unpaired) electrons. The molecule has 140 valence electrons. The molecule has 0 bridgehead atoms. The van der Waals surface area contributed by atoms with Gasteiger partial charge in [0.05, 0.1) is 12.2 Å². The van der Waals surface area contributed by atoms with Gasteiger partial charge in [0.25, 0.3) is 0 Å². The van der Waals surface area contributed by atoms with Gasteiger partial charge in [0.1, 0.15) is 0 Å². The summed E-state index contributed by atoms with van der Waals surface area (Å²) in [6, 6.07) is 0. The lowest BCUT2D eigenvalue weighted by atomic mass is 10.0. The molecule has 0 heterocycles. The van der Waals surface area contributed by atoms with Crippen molar-refractivity contribution in [3.63, 3.8) is 0 Å². The fraction of sp³-hybridized carbons (Fsp3) is 0.941. The summed E-state index contributed by atoms with van der Waals surface area (Å²) >= 11 is 0. The van der Waals surface area contributed by atoms with E-state index in [4.69, 9.17) is 9.47 Å². The quantitative estimate of drug-likeness (QED) is 0.210. The first-order valence-electron chi connectivity index (χ1n) is 8.76. The standard InChI is InChI=1S/C17H37N3O2.HI/c1-7-18-17(19-11-9-13-22-15(5)6)20-12-10-16(14(3)4)21-8-2;/h14-16H,7-13H2,1-6H3,(H2,18,19,20);1H. The van der Waals surface area contributed by atoms with Gasteiger partial charge in [-0.2, -0.15) is 0 Å². The number of nitrogens with zero attached hydrogens (tertiary/aromatic N) is 1. The zero-order chi connectivity index (χ0) is 16.8. The van der Waals surface area contributed by atoms with Crippen LogP contribution in [-0.4, -0.2) is 51.0 Å². The van der Waals surface area contributed by atoms with Gasteiger partial charge in [-0.25, -0.2) is 0 Å². The van der Waals surface area contributed by atoms with Crippen LogP contribution in [0.2, 0.25) is 0 Å². The van der Waals surface area contributed by atoms with Crippen molar-refractivity contribution in [1.82, 2.24) is 10.6 Å². The van der Waals surface area contributed by atoms with E-state index in [9.17, 15) is 0 Å². The van der Waals surface area contributed by atoms with Gasteiger partial charge in [-0.3, -0.25) is 4.99 Å². The third-order valence-electron chi connectivity index (χ3n) is 3.21. The van der Waals surface area contributed by atoms with Crippen molar-refractivity contribution >= 4 is 29.9 Å². The molecular weight excluding hydrogens is 405 g/mol. The summed E-state index contributed by atoms with van der Waals surface area (Å²) in [7, 11) is 0. The molecule has 0 aliphatic heterocycles. The Balaban J connectivity index is 0. The van der Waals surface area contributed by atoms with Gasteiger partial charge in [0.15, 0.2) is 5.96 Å². The third-order valence-corrected chi connectivity index (χ3v) is 3.21. The first-order valence-corrected chi connectivity index (χ1v) is 8.76. The molecule has 23 heavy (non-hydrogen) atoms. The van der Waals surface area contributed by atoms with Crippen LogP contribution >= 0.6 is 24.0 Å². The molecule has 0 saturated carbocycles. The molecule has 0 amide bonds. The molecule has 1 unspecified atom stereocenters. The van der Waals surface area contributed by atoms with E-state index in [0.717, 1.165) is 51.6 Å². The Morgan fingerprint density at radius 1 is 1.04 bits per heavy atom. The zero-order valence-corrected chi connectivity index (χ0v) is 18.2. The van der Waals surface area contributed by atoms with E-state index < -0.39 is 0 Å². The van der Waals surface area contributed by atoms with E-state index in [-0.39, 0.29) is 24.0 Å². The van der Waals surface area contributed by atoms with Crippen LogP contribution < -0.4 is 10.6 Å². The fourth-order valence-corrected chi connectivity index (χ4v) is 2.07. The summed E-state index contributed by atoms with van der Waals surface area (Å²) < 4.78 is 11.3. The Labute approximate surface area is 160 Å². The molecule has 0 aliphatic rings. The largest absolute Gasteiger partial charge is 0.379 e. The van der Waals surface area contributed by atoms with Gasteiger partial charge in [0.2, 0.25) is 0 Å². The minimum atomic E-state index is 0. The van der Waals surface area contributed by atoms with Gasteiger partial charge in [-0.15, -0.1) is 24.0 Å². The lowest BCUT2D eigenvalue weighted by Crippen LogP contribution is -2.39. The first-order chi connectivity index (χ1) is 10.5. The maximum absolute atomic E-state index is 5.76. The SMILES string of the molecule is CCNC(=NCCCOC(C)C)NCCC(OCC)C(C)C.I. The van der Waals surface area contributed by atoms with E-state index in [1.807, 2.05) is 6.92 Å². The van der Waals surface area contributed by atoms with E-state index in [1.165, 1.54) is 0 Å². The second-order valence-electron chi connectivity index (χ2n) is 5.99. The molecule has 0 aromatic carbocycles. The van der Waals surface area contributed by atoms with Crippen LogP contribution in [0.3, 0.4) is 0 Å². The van der Waals surface area contributed by atoms with Crippen molar-refractivity contribution in [2.24, 2.45) is 10.9 Å². The smallest absolute Gasteiger partial charge is 0.191 e. The van der Waals surface area contributed by atoms with Gasteiger partial charge in [-0.1, -0.05) is 13.8 Å². The van der Waals surface area contributed by atoms with E-state index in [2.05, 4.69) is 50.2 Å². The second-order valence-corrected chi connectivity index (χ2v) is 5.99. The molecule has 0 aromatic heterocycles. The highest BCUT2D eigenvalue weighted by Crippen LogP contribution is 2.09. The Morgan fingerprint density at radius 3 is 2.26 bits per heavy atom. The average molecular weight is 443 g/mol.